The van der Waals surface area contributed by atoms with E-state index in [1.165, 1.54) is 0 Å². The van der Waals surface area contributed by atoms with Gasteiger partial charge in [0.15, 0.2) is 0 Å². The number of esters is 1. The highest BCUT2D eigenvalue weighted by molar-refractivity contribution is 5.69. The molecule has 0 saturated carbocycles. The lowest BCUT2D eigenvalue weighted by Gasteiger charge is -2.34. The molecule has 0 aliphatic rings. The molecule has 0 aliphatic heterocycles. The summed E-state index contributed by atoms with van der Waals surface area (Å²) in [5, 5.41) is 13.0. The van der Waals surface area contributed by atoms with E-state index < -0.39 is 6.10 Å². The zero-order valence-corrected chi connectivity index (χ0v) is 12.7. The van der Waals surface area contributed by atoms with E-state index in [9.17, 15) is 9.90 Å². The van der Waals surface area contributed by atoms with E-state index in [-0.39, 0.29) is 23.3 Å². The van der Waals surface area contributed by atoms with Crippen LogP contribution in [-0.4, -0.2) is 35.9 Å². The number of rotatable bonds is 7. The maximum absolute atomic E-state index is 11.2. The SMILES string of the molecule is CCOC(=O)CC(O)CNC(C)(C)CC(C)(C)C. The summed E-state index contributed by atoms with van der Waals surface area (Å²) in [5.74, 6) is -0.347. The fraction of sp³-hybridized carbons (Fsp3) is 0.929. The van der Waals surface area contributed by atoms with E-state index in [0.29, 0.717) is 13.2 Å². The minimum Gasteiger partial charge on any atom is -0.466 e. The second-order valence-electron chi connectivity index (χ2n) is 6.67. The Balaban J connectivity index is 4.03. The summed E-state index contributed by atoms with van der Waals surface area (Å²) < 4.78 is 4.80. The third-order valence-electron chi connectivity index (χ3n) is 2.50. The molecule has 0 rings (SSSR count). The van der Waals surface area contributed by atoms with Crippen molar-refractivity contribution in [2.24, 2.45) is 5.41 Å². The van der Waals surface area contributed by atoms with E-state index >= 15 is 0 Å². The van der Waals surface area contributed by atoms with Crippen molar-refractivity contribution in [2.45, 2.75) is 66.0 Å². The molecule has 4 heteroatoms. The highest BCUT2D eigenvalue weighted by Crippen LogP contribution is 2.26. The number of carbonyl (C=O) groups is 1. The Morgan fingerprint density at radius 3 is 2.28 bits per heavy atom. The summed E-state index contributed by atoms with van der Waals surface area (Å²) in [5.41, 5.74) is 0.163. The van der Waals surface area contributed by atoms with Crippen LogP contribution in [0.2, 0.25) is 0 Å². The smallest absolute Gasteiger partial charge is 0.308 e. The average Bonchev–Trinajstić information content (AvgIpc) is 2.11. The number of aliphatic hydroxyl groups excluding tert-OH is 1. The summed E-state index contributed by atoms with van der Waals surface area (Å²) in [7, 11) is 0. The molecule has 2 N–H and O–H groups in total. The molecule has 0 spiro atoms. The molecule has 0 saturated heterocycles. The lowest BCUT2D eigenvalue weighted by molar-refractivity contribution is -0.145. The van der Waals surface area contributed by atoms with Crippen molar-refractivity contribution in [1.29, 1.82) is 0 Å². The Labute approximate surface area is 111 Å². The summed E-state index contributed by atoms with van der Waals surface area (Å²) in [6.07, 6.45) is 0.349. The minimum absolute atomic E-state index is 0.0481. The quantitative estimate of drug-likeness (QED) is 0.687. The molecular weight excluding hydrogens is 230 g/mol. The fourth-order valence-electron chi connectivity index (χ4n) is 2.27. The Morgan fingerprint density at radius 2 is 1.83 bits per heavy atom. The van der Waals surface area contributed by atoms with Crippen molar-refractivity contribution in [3.05, 3.63) is 0 Å². The van der Waals surface area contributed by atoms with E-state index in [1.807, 2.05) is 0 Å². The largest absolute Gasteiger partial charge is 0.466 e. The number of hydrogen-bond donors (Lipinski definition) is 2. The number of nitrogens with one attached hydrogen (secondary N) is 1. The third-order valence-corrected chi connectivity index (χ3v) is 2.50. The van der Waals surface area contributed by atoms with Crippen LogP contribution < -0.4 is 5.32 Å². The maximum atomic E-state index is 11.2. The molecule has 0 aromatic carbocycles. The molecule has 0 aromatic rings. The predicted molar refractivity (Wildman–Crippen MR) is 73.4 cm³/mol. The molecule has 4 nitrogen and oxygen atoms in total. The lowest BCUT2D eigenvalue weighted by Crippen LogP contribution is -2.46. The molecule has 1 unspecified atom stereocenters. The second-order valence-corrected chi connectivity index (χ2v) is 6.67. The predicted octanol–water partition coefficient (Wildman–Crippen LogP) is 2.10. The van der Waals surface area contributed by atoms with E-state index in [1.54, 1.807) is 6.92 Å². The maximum Gasteiger partial charge on any atom is 0.308 e. The molecule has 0 aromatic heterocycles. The molecule has 0 amide bonds. The van der Waals surface area contributed by atoms with E-state index in [4.69, 9.17) is 4.74 Å². The highest BCUT2D eigenvalue weighted by atomic mass is 16.5. The van der Waals surface area contributed by atoms with Crippen LogP contribution in [0.1, 0.15) is 54.4 Å². The Hall–Kier alpha value is -0.610. The number of β-amino-alcohol motifs (C(OH)–C–C–N with tert-alkyl or cyclic N) is 1. The summed E-state index contributed by atoms with van der Waals surface area (Å²) >= 11 is 0. The van der Waals surface area contributed by atoms with Gasteiger partial charge in [0, 0.05) is 12.1 Å². The van der Waals surface area contributed by atoms with E-state index in [0.717, 1.165) is 6.42 Å². The number of carbonyl (C=O) groups excluding carboxylic acids is 1. The van der Waals surface area contributed by atoms with Crippen molar-refractivity contribution < 1.29 is 14.6 Å². The first-order valence-electron chi connectivity index (χ1n) is 6.64. The summed E-state index contributed by atoms with van der Waals surface area (Å²) in [4.78, 5) is 11.2. The number of hydrogen-bond acceptors (Lipinski definition) is 4. The van der Waals surface area contributed by atoms with Gasteiger partial charge in [0.2, 0.25) is 0 Å². The lowest BCUT2D eigenvalue weighted by atomic mass is 9.82. The van der Waals surface area contributed by atoms with Gasteiger partial charge < -0.3 is 15.2 Å². The zero-order valence-electron chi connectivity index (χ0n) is 12.7. The monoisotopic (exact) mass is 259 g/mol. The van der Waals surface area contributed by atoms with Crippen LogP contribution in [0.3, 0.4) is 0 Å². The number of ether oxygens (including phenoxy) is 1. The van der Waals surface area contributed by atoms with Crippen LogP contribution in [0, 0.1) is 5.41 Å². The molecule has 0 fully saturated rings. The van der Waals surface area contributed by atoms with Gasteiger partial charge in [-0.2, -0.15) is 0 Å². The van der Waals surface area contributed by atoms with Crippen molar-refractivity contribution >= 4 is 5.97 Å². The van der Waals surface area contributed by atoms with Gasteiger partial charge >= 0.3 is 5.97 Å². The highest BCUT2D eigenvalue weighted by Gasteiger charge is 2.25. The molecule has 0 radical (unpaired) electrons. The van der Waals surface area contributed by atoms with Crippen molar-refractivity contribution in [1.82, 2.24) is 5.32 Å². The Kier molecular flexibility index (Phi) is 6.86. The van der Waals surface area contributed by atoms with Crippen LogP contribution in [0.4, 0.5) is 0 Å². The van der Waals surface area contributed by atoms with E-state index in [2.05, 4.69) is 39.9 Å². The van der Waals surface area contributed by atoms with Gasteiger partial charge in [0.25, 0.3) is 0 Å². The molecule has 0 aliphatic carbocycles. The van der Waals surface area contributed by atoms with Crippen LogP contribution in [-0.2, 0) is 9.53 Å². The summed E-state index contributed by atoms with van der Waals surface area (Å²) in [6, 6.07) is 0. The van der Waals surface area contributed by atoms with Gasteiger partial charge in [-0.15, -0.1) is 0 Å². The molecule has 18 heavy (non-hydrogen) atoms. The Morgan fingerprint density at radius 1 is 1.28 bits per heavy atom. The summed E-state index contributed by atoms with van der Waals surface area (Å²) in [6.45, 7) is 13.3. The van der Waals surface area contributed by atoms with Crippen molar-refractivity contribution in [3.63, 3.8) is 0 Å². The first-order valence-corrected chi connectivity index (χ1v) is 6.64. The third kappa shape index (κ3) is 9.42. The topological polar surface area (TPSA) is 58.6 Å². The first-order chi connectivity index (χ1) is 8.06. The zero-order chi connectivity index (χ0) is 14.4. The minimum atomic E-state index is -0.691. The Bertz CT molecular complexity index is 256. The molecule has 1 atom stereocenters. The molecule has 0 heterocycles. The molecule has 0 bridgehead atoms. The van der Waals surface area contributed by atoms with Gasteiger partial charge in [-0.05, 0) is 32.6 Å². The average molecular weight is 259 g/mol. The first kappa shape index (κ1) is 17.4. The van der Waals surface area contributed by atoms with Crippen LogP contribution in [0.15, 0.2) is 0 Å². The van der Waals surface area contributed by atoms with Crippen molar-refractivity contribution in [3.8, 4) is 0 Å². The molecule has 108 valence electrons. The second kappa shape index (κ2) is 7.10. The van der Waals surface area contributed by atoms with Gasteiger partial charge in [0.1, 0.15) is 0 Å². The molecular formula is C14H29NO3. The normalized spacial score (nSPS) is 14.4. The van der Waals surface area contributed by atoms with Crippen LogP contribution in [0.25, 0.3) is 0 Å². The van der Waals surface area contributed by atoms with Gasteiger partial charge in [-0.25, -0.2) is 0 Å². The standard InChI is InChI=1S/C14H29NO3/c1-7-18-12(17)8-11(16)9-15-14(5,6)10-13(2,3)4/h11,15-16H,7-10H2,1-6H3. The fourth-order valence-corrected chi connectivity index (χ4v) is 2.27. The van der Waals surface area contributed by atoms with Crippen LogP contribution >= 0.6 is 0 Å². The van der Waals surface area contributed by atoms with Crippen LogP contribution in [0.5, 0.6) is 0 Å². The van der Waals surface area contributed by atoms with Gasteiger partial charge in [0.05, 0.1) is 19.1 Å². The number of aliphatic hydroxyl groups is 1. The van der Waals surface area contributed by atoms with Gasteiger partial charge in [-0.1, -0.05) is 20.8 Å². The van der Waals surface area contributed by atoms with Crippen molar-refractivity contribution in [2.75, 3.05) is 13.2 Å². The van der Waals surface area contributed by atoms with Gasteiger partial charge in [-0.3, -0.25) is 4.79 Å².